The lowest BCUT2D eigenvalue weighted by atomic mass is 10.2. The van der Waals surface area contributed by atoms with Gasteiger partial charge >= 0.3 is 0 Å². The molecule has 0 heterocycles. The maximum atomic E-state index is 10.4. The minimum atomic E-state index is -4.52. The molecule has 7 nitrogen and oxygen atoms in total. The Bertz CT molecular complexity index is 730. The topological polar surface area (TPSA) is 126 Å². The number of hydrogen-bond acceptors (Lipinski definition) is 6. The van der Waals surface area contributed by atoms with Crippen LogP contribution in [0.1, 0.15) is 5.56 Å². The molecule has 22 heavy (non-hydrogen) atoms. The molecule has 0 spiro atoms. The molecule has 2 aromatic rings. The molecular weight excluding hydrogens is 423 g/mol. The van der Waals surface area contributed by atoms with Crippen molar-refractivity contribution < 1.29 is 40.5 Å². The molecule has 0 fully saturated rings. The van der Waals surface area contributed by atoms with Gasteiger partial charge in [-0.1, -0.05) is 12.1 Å². The summed E-state index contributed by atoms with van der Waals surface area (Å²) in [6, 6.07) is 12.0. The van der Waals surface area contributed by atoms with E-state index in [1.807, 2.05) is 22.6 Å². The van der Waals surface area contributed by atoms with E-state index in [9.17, 15) is 23.1 Å². The van der Waals surface area contributed by atoms with E-state index >= 15 is 0 Å². The second-order valence-corrected chi connectivity index (χ2v) is 6.78. The highest BCUT2D eigenvalue weighted by Gasteiger charge is 2.06. The Morgan fingerprint density at radius 3 is 1.91 bits per heavy atom. The van der Waals surface area contributed by atoms with Crippen molar-refractivity contribution in [2.45, 2.75) is 11.4 Å². The monoisotopic (exact) mass is 436 g/mol. The molecule has 0 aliphatic heterocycles. The summed E-state index contributed by atoms with van der Waals surface area (Å²) in [7, 11) is -4.52. The molecule has 0 atom stereocenters. The predicted molar refractivity (Wildman–Crippen MR) is 75.5 cm³/mol. The lowest BCUT2D eigenvalue weighted by molar-refractivity contribution is -0.384. The third-order valence-electron chi connectivity index (χ3n) is 2.50. The molecule has 0 aliphatic rings. The van der Waals surface area contributed by atoms with E-state index in [-0.39, 0.29) is 5.69 Å². The van der Waals surface area contributed by atoms with Gasteiger partial charge in [-0.15, -0.1) is 0 Å². The standard InChI is InChI=1S/C7H9IN.C6H5NO5S/c8-7-3-1-6(5-9)2-4-7;8-7(9)5-1-3-6(4-2-5)13(10,11)12/h1-4,8H,5,9H2;1-4H,(H,10,11,12)/q+1;/p-1. The summed E-state index contributed by atoms with van der Waals surface area (Å²) in [6.45, 7) is 0.640. The van der Waals surface area contributed by atoms with Crippen molar-refractivity contribution in [3.8, 4) is 0 Å². The van der Waals surface area contributed by atoms with Crippen LogP contribution >= 0.6 is 0 Å². The number of nitrogens with two attached hydrogens (primary N) is 1. The van der Waals surface area contributed by atoms with Gasteiger partial charge in [0.2, 0.25) is 0 Å². The van der Waals surface area contributed by atoms with Crippen molar-refractivity contribution in [2.75, 3.05) is 0 Å². The van der Waals surface area contributed by atoms with Crippen LogP contribution in [-0.4, -0.2) is 17.9 Å². The molecule has 9 heteroatoms. The van der Waals surface area contributed by atoms with E-state index in [0.29, 0.717) is 6.54 Å². The Labute approximate surface area is 141 Å². The van der Waals surface area contributed by atoms with Gasteiger partial charge in [0.1, 0.15) is 10.1 Å². The van der Waals surface area contributed by atoms with Crippen molar-refractivity contribution in [1.29, 1.82) is 0 Å². The zero-order valence-electron chi connectivity index (χ0n) is 11.2. The van der Waals surface area contributed by atoms with Crippen LogP contribution in [0.3, 0.4) is 0 Å². The molecule has 0 aromatic heterocycles. The summed E-state index contributed by atoms with van der Waals surface area (Å²) in [5.74, 6) is 0. The van der Waals surface area contributed by atoms with E-state index in [2.05, 4.69) is 24.3 Å². The first-order valence-corrected chi connectivity index (χ1v) is 8.47. The van der Waals surface area contributed by atoms with Gasteiger partial charge in [-0.05, 0) is 29.8 Å². The normalized spacial score (nSPS) is 10.5. The Balaban J connectivity index is 0.000000235. The molecular formula is C13H13IN2O5S. The molecule has 2 aromatic carbocycles. The summed E-state index contributed by atoms with van der Waals surface area (Å²) in [4.78, 5) is 8.99. The van der Waals surface area contributed by atoms with Crippen molar-refractivity contribution in [2.24, 2.45) is 5.73 Å². The van der Waals surface area contributed by atoms with E-state index in [1.54, 1.807) is 0 Å². The number of nitro groups is 1. The molecule has 0 saturated heterocycles. The average molecular weight is 436 g/mol. The van der Waals surface area contributed by atoms with Crippen LogP contribution in [-0.2, 0) is 16.7 Å². The van der Waals surface area contributed by atoms with Crippen LogP contribution in [0.25, 0.3) is 0 Å². The Morgan fingerprint density at radius 1 is 1.05 bits per heavy atom. The van der Waals surface area contributed by atoms with Crippen LogP contribution in [0.2, 0.25) is 0 Å². The van der Waals surface area contributed by atoms with Crippen molar-refractivity contribution in [1.82, 2.24) is 0 Å². The first-order chi connectivity index (χ1) is 10.2. The number of non-ortho nitro benzene ring substituents is 1. The van der Waals surface area contributed by atoms with Crippen LogP contribution < -0.4 is 28.3 Å². The van der Waals surface area contributed by atoms with Gasteiger partial charge in [0.25, 0.3) is 28.3 Å². The minimum absolute atomic E-state index is 0.257. The van der Waals surface area contributed by atoms with Crippen LogP contribution in [0, 0.1) is 13.7 Å². The van der Waals surface area contributed by atoms with Crippen molar-refractivity contribution in [3.05, 3.63) is 67.8 Å². The first kappa shape index (κ1) is 18.5. The largest absolute Gasteiger partial charge is 0.744 e. The quantitative estimate of drug-likeness (QED) is 0.259. The number of benzene rings is 2. The summed E-state index contributed by atoms with van der Waals surface area (Å²) in [6.07, 6.45) is 0. The van der Waals surface area contributed by atoms with Crippen LogP contribution in [0.15, 0.2) is 53.4 Å². The number of nitro benzene ring substituents is 1. The van der Waals surface area contributed by atoms with E-state index in [4.69, 9.17) is 5.73 Å². The fourth-order valence-corrected chi connectivity index (χ4v) is 2.22. The molecule has 0 unspecified atom stereocenters. The average Bonchev–Trinajstić information content (AvgIpc) is 2.48. The Hall–Kier alpha value is -1.56. The van der Waals surface area contributed by atoms with E-state index in [0.717, 1.165) is 24.3 Å². The fourth-order valence-electron chi connectivity index (χ4n) is 1.36. The summed E-state index contributed by atoms with van der Waals surface area (Å²) >= 11 is 2.00. The molecule has 0 aliphatic carbocycles. The highest BCUT2D eigenvalue weighted by atomic mass is 127. The highest BCUT2D eigenvalue weighted by molar-refractivity contribution is 7.85. The first-order valence-electron chi connectivity index (χ1n) is 5.90. The third kappa shape index (κ3) is 6.05. The number of hydrogen-bond donors (Lipinski definition) is 1. The van der Waals surface area contributed by atoms with Crippen LogP contribution in [0.4, 0.5) is 5.69 Å². The van der Waals surface area contributed by atoms with Crippen molar-refractivity contribution >= 4 is 15.8 Å². The summed E-state index contributed by atoms with van der Waals surface area (Å²) in [5.41, 5.74) is 6.34. The molecule has 118 valence electrons. The SMILES string of the molecule is NCc1ccc([IH+])cc1.O=[N+]([O-])c1ccc(S(=O)(=O)[O-])cc1. The smallest absolute Gasteiger partial charge is 0.296 e. The molecule has 0 radical (unpaired) electrons. The van der Waals surface area contributed by atoms with Gasteiger partial charge in [0.05, 0.1) is 9.82 Å². The third-order valence-corrected chi connectivity index (χ3v) is 4.12. The number of rotatable bonds is 3. The molecule has 2 rings (SSSR count). The Morgan fingerprint density at radius 2 is 1.55 bits per heavy atom. The zero-order chi connectivity index (χ0) is 16.8. The molecule has 0 bridgehead atoms. The minimum Gasteiger partial charge on any atom is -0.744 e. The molecule has 2 N–H and O–H groups in total. The van der Waals surface area contributed by atoms with Gasteiger partial charge in [0.15, 0.2) is 3.57 Å². The van der Waals surface area contributed by atoms with Crippen LogP contribution in [0.5, 0.6) is 0 Å². The zero-order valence-corrected chi connectivity index (χ0v) is 14.4. The maximum Gasteiger partial charge on any atom is 0.296 e. The number of nitrogens with zero attached hydrogens (tertiary/aromatic N) is 1. The number of halogens is 1. The van der Waals surface area contributed by atoms with Gasteiger partial charge < -0.3 is 10.3 Å². The highest BCUT2D eigenvalue weighted by Crippen LogP contribution is 2.14. The second kappa shape index (κ2) is 8.17. The second-order valence-electron chi connectivity index (χ2n) is 4.05. The Kier molecular flexibility index (Phi) is 6.87. The summed E-state index contributed by atoms with van der Waals surface area (Å²) < 4.78 is 32.5. The molecule has 0 saturated carbocycles. The van der Waals surface area contributed by atoms with Gasteiger partial charge in [-0.2, -0.15) is 0 Å². The van der Waals surface area contributed by atoms with E-state index < -0.39 is 19.9 Å². The van der Waals surface area contributed by atoms with Gasteiger partial charge in [0, 0.05) is 18.7 Å². The lowest BCUT2D eigenvalue weighted by Gasteiger charge is -2.04. The lowest BCUT2D eigenvalue weighted by Crippen LogP contribution is -3.34. The van der Waals surface area contributed by atoms with Gasteiger partial charge in [-0.3, -0.25) is 10.1 Å². The van der Waals surface area contributed by atoms with E-state index in [1.165, 1.54) is 9.13 Å². The fraction of sp³-hybridized carbons (Fsp3) is 0.0769. The summed E-state index contributed by atoms with van der Waals surface area (Å²) in [5, 5.41) is 10.1. The van der Waals surface area contributed by atoms with Crippen molar-refractivity contribution in [3.63, 3.8) is 0 Å². The predicted octanol–water partition coefficient (Wildman–Crippen LogP) is -1.90. The molecule has 0 amide bonds. The van der Waals surface area contributed by atoms with Gasteiger partial charge in [-0.25, -0.2) is 8.42 Å². The maximum absolute atomic E-state index is 10.4.